The van der Waals surface area contributed by atoms with E-state index in [1.54, 1.807) is 0 Å². The molecular formula is C80H50N4O2. The van der Waals surface area contributed by atoms with Crippen LogP contribution in [-0.2, 0) is 0 Å². The van der Waals surface area contributed by atoms with Gasteiger partial charge in [-0.3, -0.25) is 0 Å². The van der Waals surface area contributed by atoms with Gasteiger partial charge in [0.05, 0.1) is 44.5 Å². The minimum Gasteiger partial charge on any atom is -0.454 e. The minimum absolute atomic E-state index is 0.885. The molecule has 0 saturated carbocycles. The maximum Gasteiger partial charge on any atom is 0.159 e. The fraction of sp³-hybridized carbons (Fsp3) is 0.0250. The van der Waals surface area contributed by atoms with Crippen LogP contribution < -0.4 is 9.80 Å². The van der Waals surface area contributed by atoms with Gasteiger partial charge in [0.2, 0.25) is 0 Å². The Hall–Kier alpha value is -11.3. The van der Waals surface area contributed by atoms with E-state index in [-0.39, 0.29) is 0 Å². The average Bonchev–Trinajstić information content (AvgIpc) is 1.77. The third-order valence-electron chi connectivity index (χ3n) is 18.6. The molecule has 0 spiro atoms. The van der Waals surface area contributed by atoms with E-state index >= 15 is 0 Å². The zero-order valence-electron chi connectivity index (χ0n) is 47.0. The van der Waals surface area contributed by atoms with Gasteiger partial charge in [0.1, 0.15) is 11.2 Å². The Morgan fingerprint density at radius 1 is 0.279 bits per heavy atom. The number of hydrogen-bond donors (Lipinski definition) is 0. The first kappa shape index (κ1) is 47.2. The number of hydrogen-bond acceptors (Lipinski definition) is 4. The van der Waals surface area contributed by atoms with Crippen LogP contribution >= 0.6 is 0 Å². The number of nitrogens with zero attached hydrogens (tertiary/aromatic N) is 4. The van der Waals surface area contributed by atoms with Gasteiger partial charge >= 0.3 is 0 Å². The number of aromatic nitrogens is 2. The molecule has 0 atom stereocenters. The van der Waals surface area contributed by atoms with E-state index in [1.807, 2.05) is 12.1 Å². The second-order valence-electron chi connectivity index (χ2n) is 23.2. The molecule has 86 heavy (non-hydrogen) atoms. The molecule has 0 bridgehead atoms. The summed E-state index contributed by atoms with van der Waals surface area (Å²) in [4.78, 5) is 4.70. The number of rotatable bonds is 8. The van der Waals surface area contributed by atoms with Gasteiger partial charge in [-0.1, -0.05) is 182 Å². The second-order valence-corrected chi connectivity index (χ2v) is 23.2. The molecule has 6 aromatic heterocycles. The van der Waals surface area contributed by atoms with Gasteiger partial charge in [0.15, 0.2) is 11.2 Å². The normalized spacial score (nSPS) is 12.3. The summed E-state index contributed by atoms with van der Waals surface area (Å²) in [5.74, 6) is 0. The zero-order valence-corrected chi connectivity index (χ0v) is 47.0. The molecule has 0 amide bonds. The lowest BCUT2D eigenvalue weighted by Gasteiger charge is -2.27. The number of anilines is 6. The van der Waals surface area contributed by atoms with Gasteiger partial charge in [-0.25, -0.2) is 0 Å². The molecule has 0 saturated heterocycles. The SMILES string of the molecule is Cc1ccc2c(oc3ccccc32)c1N(c1ccccc1)c1ccc(-c2cccc3c2c2cccc4c5cc6c(cc5n3c42)c2cccc3c4c(-c5ccc(N(c7ccccc7)c7c(C)ccc8c7oc7ccccc78)cc5)cccc4n6c23)cc1. The molecule has 0 aliphatic rings. The largest absolute Gasteiger partial charge is 0.454 e. The van der Waals surface area contributed by atoms with Crippen molar-refractivity contribution >= 4 is 154 Å². The first-order valence-corrected chi connectivity index (χ1v) is 29.6. The standard InChI is InChI=1S/C80H50N4O2/c1-47-33-43-61-57-21-9-11-31-71(57)85-79(61)75(47)81(51-17-5-3-6-18-51)53-39-35-49(36-40-53)55-23-15-29-67-73(55)63-27-13-25-59-65-46-70-66(45-69(65)83(67)77(59)63)60-26-14-28-64-74-56(24-16-30-68(74)84(70)78(60)64)50-37-41-54(42-38-50)82(52-19-7-4-8-20-52)76-48(2)34-44-62-58-22-10-12-32-72(58)86-80(62)76/h3-46H,1-2H3. The Labute approximate surface area is 493 Å². The van der Waals surface area contributed by atoms with Crippen molar-refractivity contribution in [3.05, 3.63) is 278 Å². The minimum atomic E-state index is 0.885. The summed E-state index contributed by atoms with van der Waals surface area (Å²) in [5.41, 5.74) is 24.3. The molecule has 6 nitrogen and oxygen atoms in total. The van der Waals surface area contributed by atoms with Crippen molar-refractivity contribution in [2.75, 3.05) is 9.80 Å². The van der Waals surface area contributed by atoms with E-state index in [1.165, 1.54) is 98.4 Å². The van der Waals surface area contributed by atoms with Crippen molar-refractivity contribution in [1.29, 1.82) is 0 Å². The van der Waals surface area contributed by atoms with E-state index in [4.69, 9.17) is 8.83 Å². The van der Waals surface area contributed by atoms with E-state index < -0.39 is 0 Å². The summed E-state index contributed by atoms with van der Waals surface area (Å²) in [6.45, 7) is 4.35. The highest BCUT2D eigenvalue weighted by Gasteiger charge is 2.27. The lowest BCUT2D eigenvalue weighted by atomic mass is 9.97. The number of para-hydroxylation sites is 6. The highest BCUT2D eigenvalue weighted by atomic mass is 16.3. The molecule has 0 fully saturated rings. The van der Waals surface area contributed by atoms with E-state index in [0.717, 1.165) is 89.1 Å². The Morgan fingerprint density at radius 3 is 1.09 bits per heavy atom. The highest BCUT2D eigenvalue weighted by Crippen LogP contribution is 2.50. The van der Waals surface area contributed by atoms with Crippen LogP contribution in [0, 0.1) is 13.8 Å². The fourth-order valence-corrected chi connectivity index (χ4v) is 14.9. The van der Waals surface area contributed by atoms with Gasteiger partial charge in [-0.2, -0.15) is 0 Å². The van der Waals surface area contributed by atoms with Crippen LogP contribution in [0.4, 0.5) is 34.1 Å². The number of fused-ring (bicyclic) bond motifs is 18. The van der Waals surface area contributed by atoms with Crippen LogP contribution in [0.2, 0.25) is 0 Å². The number of aryl methyl sites for hydroxylation is 2. The number of furan rings is 2. The summed E-state index contributed by atoms with van der Waals surface area (Å²) in [5, 5.41) is 14.5. The van der Waals surface area contributed by atoms with Crippen LogP contribution in [0.5, 0.6) is 0 Å². The predicted octanol–water partition coefficient (Wildman–Crippen LogP) is 22.7. The van der Waals surface area contributed by atoms with Gasteiger partial charge < -0.3 is 27.4 Å². The molecule has 19 aromatic rings. The molecule has 0 unspecified atom stereocenters. The Bertz CT molecular complexity index is 5600. The summed E-state index contributed by atoms with van der Waals surface area (Å²) >= 11 is 0. The fourth-order valence-electron chi connectivity index (χ4n) is 14.9. The second kappa shape index (κ2) is 17.6. The first-order valence-electron chi connectivity index (χ1n) is 29.6. The molecule has 6 heterocycles. The van der Waals surface area contributed by atoms with Crippen LogP contribution in [0.25, 0.3) is 142 Å². The molecule has 13 aromatic carbocycles. The summed E-state index contributed by atoms with van der Waals surface area (Å²) < 4.78 is 18.5. The monoisotopic (exact) mass is 1100 g/mol. The lowest BCUT2D eigenvalue weighted by Crippen LogP contribution is -2.11. The third-order valence-corrected chi connectivity index (χ3v) is 18.6. The molecule has 0 aliphatic carbocycles. The molecule has 6 heteroatoms. The lowest BCUT2D eigenvalue weighted by molar-refractivity contribution is 0.668. The van der Waals surface area contributed by atoms with Crippen LogP contribution in [-0.4, -0.2) is 8.80 Å². The summed E-state index contributed by atoms with van der Waals surface area (Å²) in [6.07, 6.45) is 0. The highest BCUT2D eigenvalue weighted by molar-refractivity contribution is 6.31. The first-order chi connectivity index (χ1) is 42.5. The molecule has 0 N–H and O–H groups in total. The van der Waals surface area contributed by atoms with Gasteiger partial charge in [-0.15, -0.1) is 0 Å². The quantitative estimate of drug-likeness (QED) is 0.152. The molecule has 0 aliphatic heterocycles. The number of benzene rings is 13. The van der Waals surface area contributed by atoms with Crippen molar-refractivity contribution in [2.24, 2.45) is 0 Å². The summed E-state index contributed by atoms with van der Waals surface area (Å²) in [7, 11) is 0. The van der Waals surface area contributed by atoms with Crippen LogP contribution in [0.3, 0.4) is 0 Å². The van der Waals surface area contributed by atoms with Crippen molar-refractivity contribution in [1.82, 2.24) is 8.80 Å². The average molecular weight is 1100 g/mol. The van der Waals surface area contributed by atoms with Crippen LogP contribution in [0.1, 0.15) is 11.1 Å². The maximum absolute atomic E-state index is 6.70. The van der Waals surface area contributed by atoms with E-state index in [0.29, 0.717) is 0 Å². The zero-order chi connectivity index (χ0) is 56.5. The van der Waals surface area contributed by atoms with E-state index in [9.17, 15) is 0 Å². The topological polar surface area (TPSA) is 41.6 Å². The molecule has 19 rings (SSSR count). The van der Waals surface area contributed by atoms with Gasteiger partial charge in [-0.05, 0) is 132 Å². The predicted molar refractivity (Wildman–Crippen MR) is 360 cm³/mol. The smallest absolute Gasteiger partial charge is 0.159 e. The van der Waals surface area contributed by atoms with Crippen molar-refractivity contribution in [2.45, 2.75) is 13.8 Å². The van der Waals surface area contributed by atoms with Crippen molar-refractivity contribution < 1.29 is 8.83 Å². The van der Waals surface area contributed by atoms with E-state index in [2.05, 4.69) is 287 Å². The van der Waals surface area contributed by atoms with Gasteiger partial charge in [0.25, 0.3) is 0 Å². The van der Waals surface area contributed by atoms with Crippen molar-refractivity contribution in [3.8, 4) is 22.3 Å². The summed E-state index contributed by atoms with van der Waals surface area (Å²) in [6, 6.07) is 97.4. The van der Waals surface area contributed by atoms with Gasteiger partial charge in [0, 0.05) is 87.4 Å². The Morgan fingerprint density at radius 2 is 0.651 bits per heavy atom. The third kappa shape index (κ3) is 6.44. The van der Waals surface area contributed by atoms with Crippen LogP contribution in [0.15, 0.2) is 276 Å². The molecule has 0 radical (unpaired) electrons. The van der Waals surface area contributed by atoms with Crippen molar-refractivity contribution in [3.63, 3.8) is 0 Å². The maximum atomic E-state index is 6.70. The molecular weight excluding hydrogens is 1050 g/mol. The Balaban J connectivity index is 0.736. The molecule has 402 valence electrons. The Kier molecular flexibility index (Phi) is 9.65.